The summed E-state index contributed by atoms with van der Waals surface area (Å²) in [7, 11) is 1.63. The third kappa shape index (κ3) is 4.06. The molecule has 2 rings (SSSR count). The molecule has 0 unspecified atom stereocenters. The maximum absolute atomic E-state index is 12.1. The summed E-state index contributed by atoms with van der Waals surface area (Å²) in [6.45, 7) is 4.28. The van der Waals surface area contributed by atoms with Crippen LogP contribution in [0.1, 0.15) is 41.3 Å². The standard InChI is InChI=1S/C19H20O2/c1-14(2)16-8-10-17(11-9-16)19(20)12-7-15-5-4-6-18(13-15)21-3/h4-14H,1-3H3/b12-7+. The van der Waals surface area contributed by atoms with Crippen molar-refractivity contribution in [3.8, 4) is 5.75 Å². The third-order valence-electron chi connectivity index (χ3n) is 3.38. The smallest absolute Gasteiger partial charge is 0.185 e. The normalized spacial score (nSPS) is 11.0. The number of methoxy groups -OCH3 is 1. The Bertz CT molecular complexity index is 637. The molecule has 0 radical (unpaired) electrons. The molecule has 0 bridgehead atoms. The van der Waals surface area contributed by atoms with Gasteiger partial charge in [-0.2, -0.15) is 0 Å². The summed E-state index contributed by atoms with van der Waals surface area (Å²) in [4.78, 5) is 12.1. The van der Waals surface area contributed by atoms with Gasteiger partial charge in [0.25, 0.3) is 0 Å². The highest BCUT2D eigenvalue weighted by Crippen LogP contribution is 2.16. The highest BCUT2D eigenvalue weighted by atomic mass is 16.5. The van der Waals surface area contributed by atoms with Gasteiger partial charge in [0, 0.05) is 5.56 Å². The molecule has 0 aliphatic carbocycles. The van der Waals surface area contributed by atoms with Gasteiger partial charge in [0.1, 0.15) is 5.75 Å². The Kier molecular flexibility index (Phi) is 4.94. The van der Waals surface area contributed by atoms with E-state index in [1.807, 2.05) is 48.5 Å². The number of hydrogen-bond acceptors (Lipinski definition) is 2. The number of carbonyl (C=O) groups excluding carboxylic acids is 1. The average Bonchev–Trinajstić information content (AvgIpc) is 2.53. The van der Waals surface area contributed by atoms with Crippen LogP contribution in [-0.2, 0) is 0 Å². The van der Waals surface area contributed by atoms with E-state index in [0.29, 0.717) is 11.5 Å². The molecule has 2 aromatic carbocycles. The summed E-state index contributed by atoms with van der Waals surface area (Å²) in [5.41, 5.74) is 2.89. The van der Waals surface area contributed by atoms with E-state index >= 15 is 0 Å². The summed E-state index contributed by atoms with van der Waals surface area (Å²) >= 11 is 0. The Morgan fingerprint density at radius 1 is 1.10 bits per heavy atom. The van der Waals surface area contributed by atoms with Crippen LogP contribution in [-0.4, -0.2) is 12.9 Å². The lowest BCUT2D eigenvalue weighted by Crippen LogP contribution is -1.95. The number of benzene rings is 2. The van der Waals surface area contributed by atoms with Gasteiger partial charge >= 0.3 is 0 Å². The zero-order valence-corrected chi connectivity index (χ0v) is 12.7. The van der Waals surface area contributed by atoms with Gasteiger partial charge in [-0.1, -0.05) is 56.3 Å². The van der Waals surface area contributed by atoms with Crippen molar-refractivity contribution in [1.82, 2.24) is 0 Å². The van der Waals surface area contributed by atoms with Crippen LogP contribution in [0.3, 0.4) is 0 Å². The summed E-state index contributed by atoms with van der Waals surface area (Å²) in [5, 5.41) is 0. The molecule has 0 spiro atoms. The monoisotopic (exact) mass is 280 g/mol. The quantitative estimate of drug-likeness (QED) is 0.585. The second-order valence-corrected chi connectivity index (χ2v) is 5.25. The molecule has 2 aromatic rings. The number of hydrogen-bond donors (Lipinski definition) is 0. The first-order chi connectivity index (χ1) is 10.1. The van der Waals surface area contributed by atoms with E-state index < -0.39 is 0 Å². The van der Waals surface area contributed by atoms with Gasteiger partial charge in [-0.15, -0.1) is 0 Å². The van der Waals surface area contributed by atoms with E-state index in [0.717, 1.165) is 11.3 Å². The molecular formula is C19H20O2. The predicted molar refractivity (Wildman–Crippen MR) is 86.9 cm³/mol. The molecule has 108 valence electrons. The number of carbonyl (C=O) groups is 1. The van der Waals surface area contributed by atoms with Crippen molar-refractivity contribution >= 4 is 11.9 Å². The molecule has 0 heterocycles. The van der Waals surface area contributed by atoms with Crippen LogP contribution in [0, 0.1) is 0 Å². The number of rotatable bonds is 5. The molecule has 2 nitrogen and oxygen atoms in total. The van der Waals surface area contributed by atoms with Gasteiger partial charge in [0.15, 0.2) is 5.78 Å². The fourth-order valence-corrected chi connectivity index (χ4v) is 2.05. The van der Waals surface area contributed by atoms with Crippen molar-refractivity contribution in [2.45, 2.75) is 19.8 Å². The van der Waals surface area contributed by atoms with Crippen LogP contribution in [0.25, 0.3) is 6.08 Å². The molecule has 0 aliphatic rings. The lowest BCUT2D eigenvalue weighted by molar-refractivity contribution is 0.104. The van der Waals surface area contributed by atoms with E-state index in [1.54, 1.807) is 19.3 Å². The Morgan fingerprint density at radius 2 is 1.81 bits per heavy atom. The fraction of sp³-hybridized carbons (Fsp3) is 0.211. The second kappa shape index (κ2) is 6.89. The Hall–Kier alpha value is -2.35. The molecule has 0 fully saturated rings. The van der Waals surface area contributed by atoms with Crippen molar-refractivity contribution < 1.29 is 9.53 Å². The van der Waals surface area contributed by atoms with E-state index in [9.17, 15) is 4.79 Å². The Balaban J connectivity index is 2.11. The van der Waals surface area contributed by atoms with Gasteiger partial charge in [-0.3, -0.25) is 4.79 Å². The topological polar surface area (TPSA) is 26.3 Å². The van der Waals surface area contributed by atoms with Gasteiger partial charge in [-0.05, 0) is 35.3 Å². The lowest BCUT2D eigenvalue weighted by Gasteiger charge is -2.05. The molecule has 0 amide bonds. The number of ether oxygens (including phenoxy) is 1. The number of allylic oxidation sites excluding steroid dienone is 1. The van der Waals surface area contributed by atoms with Crippen molar-refractivity contribution in [2.24, 2.45) is 0 Å². The molecule has 0 saturated heterocycles. The minimum atomic E-state index is 0.00752. The Morgan fingerprint density at radius 3 is 2.43 bits per heavy atom. The van der Waals surface area contributed by atoms with Gasteiger partial charge in [0.2, 0.25) is 0 Å². The van der Waals surface area contributed by atoms with E-state index in [1.165, 1.54) is 5.56 Å². The van der Waals surface area contributed by atoms with Crippen LogP contribution in [0.4, 0.5) is 0 Å². The maximum atomic E-state index is 12.1. The van der Waals surface area contributed by atoms with E-state index in [4.69, 9.17) is 4.74 Å². The van der Waals surface area contributed by atoms with E-state index in [-0.39, 0.29) is 5.78 Å². The highest BCUT2D eigenvalue weighted by molar-refractivity contribution is 6.06. The second-order valence-electron chi connectivity index (χ2n) is 5.25. The van der Waals surface area contributed by atoms with Crippen LogP contribution in [0.2, 0.25) is 0 Å². The molecule has 0 N–H and O–H groups in total. The highest BCUT2D eigenvalue weighted by Gasteiger charge is 2.03. The van der Waals surface area contributed by atoms with Crippen molar-refractivity contribution in [3.05, 3.63) is 71.3 Å². The Labute approximate surface area is 126 Å². The first-order valence-electron chi connectivity index (χ1n) is 7.06. The molecule has 0 aromatic heterocycles. The zero-order valence-electron chi connectivity index (χ0n) is 12.7. The van der Waals surface area contributed by atoms with Gasteiger partial charge in [0.05, 0.1) is 7.11 Å². The fourth-order valence-electron chi connectivity index (χ4n) is 2.05. The molecule has 2 heteroatoms. The van der Waals surface area contributed by atoms with Crippen molar-refractivity contribution in [1.29, 1.82) is 0 Å². The number of ketones is 1. The summed E-state index contributed by atoms with van der Waals surface area (Å²) in [5.74, 6) is 1.26. The summed E-state index contributed by atoms with van der Waals surface area (Å²) in [6.07, 6.45) is 3.40. The largest absolute Gasteiger partial charge is 0.497 e. The van der Waals surface area contributed by atoms with E-state index in [2.05, 4.69) is 13.8 Å². The molecule has 0 atom stereocenters. The first-order valence-corrected chi connectivity index (χ1v) is 7.06. The SMILES string of the molecule is COc1cccc(/C=C/C(=O)c2ccc(C(C)C)cc2)c1. The third-order valence-corrected chi connectivity index (χ3v) is 3.38. The first kappa shape index (κ1) is 15.0. The molecular weight excluding hydrogens is 260 g/mol. The zero-order chi connectivity index (χ0) is 15.2. The summed E-state index contributed by atoms with van der Waals surface area (Å²) in [6, 6.07) is 15.4. The van der Waals surface area contributed by atoms with Crippen LogP contribution in [0.15, 0.2) is 54.6 Å². The van der Waals surface area contributed by atoms with Gasteiger partial charge in [-0.25, -0.2) is 0 Å². The minimum Gasteiger partial charge on any atom is -0.497 e. The summed E-state index contributed by atoms with van der Waals surface area (Å²) < 4.78 is 5.16. The van der Waals surface area contributed by atoms with Crippen molar-refractivity contribution in [2.75, 3.05) is 7.11 Å². The van der Waals surface area contributed by atoms with Crippen LogP contribution >= 0.6 is 0 Å². The van der Waals surface area contributed by atoms with Crippen LogP contribution in [0.5, 0.6) is 5.75 Å². The lowest BCUT2D eigenvalue weighted by atomic mass is 10.0. The van der Waals surface area contributed by atoms with Crippen LogP contribution < -0.4 is 4.74 Å². The maximum Gasteiger partial charge on any atom is 0.185 e. The van der Waals surface area contributed by atoms with Gasteiger partial charge < -0.3 is 4.74 Å². The molecule has 21 heavy (non-hydrogen) atoms. The molecule has 0 aliphatic heterocycles. The average molecular weight is 280 g/mol. The predicted octanol–water partition coefficient (Wildman–Crippen LogP) is 4.71. The molecule has 0 saturated carbocycles. The minimum absolute atomic E-state index is 0.00752. The van der Waals surface area contributed by atoms with Crippen molar-refractivity contribution in [3.63, 3.8) is 0 Å².